The Hall–Kier alpha value is -1.33. The van der Waals surface area contributed by atoms with Crippen LogP contribution >= 0.6 is 23.4 Å². The molecule has 0 spiro atoms. The van der Waals surface area contributed by atoms with Gasteiger partial charge < -0.3 is 4.79 Å². The van der Waals surface area contributed by atoms with Crippen LogP contribution in [-0.2, 0) is 4.79 Å². The van der Waals surface area contributed by atoms with Gasteiger partial charge in [0.25, 0.3) is 0 Å². The van der Waals surface area contributed by atoms with E-state index in [0.717, 1.165) is 41.6 Å². The average molecular weight is 364 g/mol. The van der Waals surface area contributed by atoms with Crippen LogP contribution in [0.15, 0.2) is 29.4 Å². The lowest BCUT2D eigenvalue weighted by atomic mass is 10.2. The highest BCUT2D eigenvalue weighted by Crippen LogP contribution is 2.38. The molecule has 0 saturated heterocycles. The molecule has 1 aliphatic carbocycles. The molecule has 0 unspecified atom stereocenters. The van der Waals surface area contributed by atoms with Gasteiger partial charge in [0.2, 0.25) is 0 Å². The molecule has 1 aromatic heterocycles. The molecule has 0 N–H and O–H groups in total. The summed E-state index contributed by atoms with van der Waals surface area (Å²) >= 11 is 8.07. The van der Waals surface area contributed by atoms with Crippen LogP contribution in [0.1, 0.15) is 51.5 Å². The normalized spacial score (nSPS) is 15.1. The molecular weight excluding hydrogens is 342 g/mol. The summed E-state index contributed by atoms with van der Waals surface area (Å²) in [5.74, 6) is 1.98. The van der Waals surface area contributed by atoms with Gasteiger partial charge in [0.1, 0.15) is 5.78 Å². The van der Waals surface area contributed by atoms with Gasteiger partial charge in [-0.2, -0.15) is 0 Å². The van der Waals surface area contributed by atoms with Crippen molar-refractivity contribution in [3.8, 4) is 11.4 Å². The number of nitrogens with zero attached hydrogens (tertiary/aromatic N) is 3. The van der Waals surface area contributed by atoms with Gasteiger partial charge in [0, 0.05) is 23.8 Å². The van der Waals surface area contributed by atoms with E-state index < -0.39 is 0 Å². The average Bonchev–Trinajstić information content (AvgIpc) is 3.21. The van der Waals surface area contributed by atoms with Gasteiger partial charge in [-0.05, 0) is 38.3 Å². The van der Waals surface area contributed by atoms with Gasteiger partial charge in [0.15, 0.2) is 11.0 Å². The van der Waals surface area contributed by atoms with E-state index in [4.69, 9.17) is 11.6 Å². The maximum atomic E-state index is 11.1. The lowest BCUT2D eigenvalue weighted by Gasteiger charge is -2.17. The van der Waals surface area contributed by atoms with E-state index in [0.29, 0.717) is 17.5 Å². The van der Waals surface area contributed by atoms with Crippen molar-refractivity contribution >= 4 is 29.1 Å². The van der Waals surface area contributed by atoms with Gasteiger partial charge in [0.05, 0.1) is 5.02 Å². The molecule has 0 radical (unpaired) electrons. The molecule has 0 amide bonds. The molecular formula is C18H22ClN3OS. The van der Waals surface area contributed by atoms with Crippen LogP contribution in [0.25, 0.3) is 11.4 Å². The highest BCUT2D eigenvalue weighted by molar-refractivity contribution is 7.99. The molecule has 128 valence electrons. The summed E-state index contributed by atoms with van der Waals surface area (Å²) in [6.45, 7) is 1.64. The molecule has 24 heavy (non-hydrogen) atoms. The van der Waals surface area contributed by atoms with E-state index in [2.05, 4.69) is 14.8 Å². The predicted octanol–water partition coefficient (Wildman–Crippen LogP) is 5.17. The molecule has 1 aliphatic rings. The van der Waals surface area contributed by atoms with Gasteiger partial charge in [-0.3, -0.25) is 4.57 Å². The van der Waals surface area contributed by atoms with Crippen LogP contribution in [0.2, 0.25) is 5.02 Å². The van der Waals surface area contributed by atoms with Gasteiger partial charge in [-0.25, -0.2) is 0 Å². The number of hydrogen-bond donors (Lipinski definition) is 0. The van der Waals surface area contributed by atoms with Crippen LogP contribution < -0.4 is 0 Å². The van der Waals surface area contributed by atoms with Gasteiger partial charge in [-0.15, -0.1) is 10.2 Å². The topological polar surface area (TPSA) is 47.8 Å². The van der Waals surface area contributed by atoms with Crippen molar-refractivity contribution < 1.29 is 4.79 Å². The number of benzene rings is 1. The molecule has 1 fully saturated rings. The van der Waals surface area contributed by atoms with Crippen LogP contribution in [0.4, 0.5) is 0 Å². The van der Waals surface area contributed by atoms with Crippen LogP contribution in [0.3, 0.4) is 0 Å². The monoisotopic (exact) mass is 363 g/mol. The maximum absolute atomic E-state index is 11.1. The van der Waals surface area contributed by atoms with Crippen molar-refractivity contribution in [1.82, 2.24) is 14.8 Å². The zero-order valence-electron chi connectivity index (χ0n) is 13.9. The number of thioether (sulfide) groups is 1. The first-order valence-electron chi connectivity index (χ1n) is 8.49. The van der Waals surface area contributed by atoms with Gasteiger partial charge in [-0.1, -0.05) is 48.3 Å². The first-order valence-corrected chi connectivity index (χ1v) is 9.85. The quantitative estimate of drug-likeness (QED) is 0.502. The molecule has 1 heterocycles. The second-order valence-corrected chi connectivity index (χ2v) is 7.72. The van der Waals surface area contributed by atoms with E-state index in [1.165, 1.54) is 12.8 Å². The number of halogens is 1. The molecule has 0 atom stereocenters. The first-order chi connectivity index (χ1) is 11.7. The highest BCUT2D eigenvalue weighted by atomic mass is 35.5. The molecule has 2 aromatic rings. The van der Waals surface area contributed by atoms with E-state index in [9.17, 15) is 4.79 Å². The Bertz CT molecular complexity index is 710. The Morgan fingerprint density at radius 3 is 2.75 bits per heavy atom. The summed E-state index contributed by atoms with van der Waals surface area (Å²) < 4.78 is 2.27. The van der Waals surface area contributed by atoms with Crippen molar-refractivity contribution in [2.24, 2.45) is 0 Å². The van der Waals surface area contributed by atoms with Crippen molar-refractivity contribution in [3.63, 3.8) is 0 Å². The lowest BCUT2D eigenvalue weighted by molar-refractivity contribution is -0.117. The summed E-state index contributed by atoms with van der Waals surface area (Å²) in [6.07, 6.45) is 6.33. The number of hydrogen-bond acceptors (Lipinski definition) is 4. The zero-order valence-corrected chi connectivity index (χ0v) is 15.4. The second kappa shape index (κ2) is 8.17. The molecule has 6 heteroatoms. The maximum Gasteiger partial charge on any atom is 0.191 e. The molecule has 3 rings (SSSR count). The number of Topliss-reactive ketones (excluding diaryl/α,β-unsaturated/α-hetero) is 1. The Balaban J connectivity index is 1.86. The van der Waals surface area contributed by atoms with Crippen LogP contribution in [-0.4, -0.2) is 26.3 Å². The standard InChI is InChI=1S/C18H22ClN3OS/c1-13(23)7-6-12-24-18-21-20-17(15-10-4-5-11-16(15)19)22(18)14-8-2-3-9-14/h4-5,10-11,14H,2-3,6-9,12H2,1H3. The van der Waals surface area contributed by atoms with Crippen molar-refractivity contribution in [3.05, 3.63) is 29.3 Å². The number of ketones is 1. The number of rotatable bonds is 7. The fourth-order valence-electron chi connectivity index (χ4n) is 3.18. The Morgan fingerprint density at radius 1 is 1.29 bits per heavy atom. The summed E-state index contributed by atoms with van der Waals surface area (Å²) in [7, 11) is 0. The summed E-state index contributed by atoms with van der Waals surface area (Å²) in [4.78, 5) is 11.1. The molecule has 0 bridgehead atoms. The zero-order chi connectivity index (χ0) is 16.9. The summed E-state index contributed by atoms with van der Waals surface area (Å²) in [5, 5.41) is 10.5. The van der Waals surface area contributed by atoms with E-state index in [1.807, 2.05) is 24.3 Å². The third-order valence-electron chi connectivity index (χ3n) is 4.37. The minimum absolute atomic E-state index is 0.240. The minimum atomic E-state index is 0.240. The summed E-state index contributed by atoms with van der Waals surface area (Å²) in [5.41, 5.74) is 0.939. The van der Waals surface area contributed by atoms with Crippen molar-refractivity contribution in [2.75, 3.05) is 5.75 Å². The SMILES string of the molecule is CC(=O)CCCSc1nnc(-c2ccccc2Cl)n1C1CCCC1. The number of carbonyl (C=O) groups excluding carboxylic acids is 1. The predicted molar refractivity (Wildman–Crippen MR) is 98.6 cm³/mol. The smallest absolute Gasteiger partial charge is 0.191 e. The second-order valence-electron chi connectivity index (χ2n) is 6.25. The largest absolute Gasteiger partial charge is 0.300 e. The van der Waals surface area contributed by atoms with Crippen molar-refractivity contribution in [2.45, 2.75) is 56.6 Å². The Labute approximate surface area is 152 Å². The third kappa shape index (κ3) is 4.01. The fourth-order valence-corrected chi connectivity index (χ4v) is 4.34. The minimum Gasteiger partial charge on any atom is -0.300 e. The van der Waals surface area contributed by atoms with E-state index >= 15 is 0 Å². The van der Waals surface area contributed by atoms with Gasteiger partial charge >= 0.3 is 0 Å². The number of aromatic nitrogens is 3. The Morgan fingerprint density at radius 2 is 2.04 bits per heavy atom. The molecule has 4 nitrogen and oxygen atoms in total. The highest BCUT2D eigenvalue weighted by Gasteiger charge is 2.25. The number of carbonyl (C=O) groups is 1. The fraction of sp³-hybridized carbons (Fsp3) is 0.500. The lowest BCUT2D eigenvalue weighted by Crippen LogP contribution is -2.08. The van der Waals surface area contributed by atoms with Crippen LogP contribution in [0.5, 0.6) is 0 Å². The third-order valence-corrected chi connectivity index (χ3v) is 5.73. The first kappa shape index (κ1) is 17.5. The Kier molecular flexibility index (Phi) is 5.95. The van der Waals surface area contributed by atoms with E-state index in [-0.39, 0.29) is 5.78 Å². The van der Waals surface area contributed by atoms with E-state index in [1.54, 1.807) is 18.7 Å². The molecule has 0 aliphatic heterocycles. The summed E-state index contributed by atoms with van der Waals surface area (Å²) in [6, 6.07) is 8.25. The molecule has 1 aromatic carbocycles. The van der Waals surface area contributed by atoms with Crippen LogP contribution in [0, 0.1) is 0 Å². The van der Waals surface area contributed by atoms with Crippen molar-refractivity contribution in [1.29, 1.82) is 0 Å². The molecule has 1 saturated carbocycles.